The van der Waals surface area contributed by atoms with Gasteiger partial charge in [-0.3, -0.25) is 0 Å². The molecule has 0 unspecified atom stereocenters. The maximum Gasteiger partial charge on any atom is 0.0992 e. The van der Waals surface area contributed by atoms with E-state index in [1.165, 1.54) is 0 Å². The summed E-state index contributed by atoms with van der Waals surface area (Å²) in [5, 5.41) is 10.4. The van der Waals surface area contributed by atoms with Gasteiger partial charge in [-0.2, -0.15) is 0 Å². The number of rotatable bonds is 3. The largest absolute Gasteiger partial charge is 0.391 e. The van der Waals surface area contributed by atoms with E-state index in [-0.39, 0.29) is 6.61 Å². The Balaban J connectivity index is 2.68. The van der Waals surface area contributed by atoms with Crippen LogP contribution >= 0.6 is 0 Å². The first-order valence-electron chi connectivity index (χ1n) is 2.71. The predicted molar refractivity (Wildman–Crippen MR) is 29.0 cm³/mol. The van der Waals surface area contributed by atoms with Gasteiger partial charge in [-0.1, -0.05) is 0 Å². The average Bonchev–Trinajstić information content (AvgIpc) is 1.61. The highest BCUT2D eigenvalue weighted by atomic mass is 16.3. The van der Waals surface area contributed by atoms with Crippen LogP contribution in [-0.4, -0.2) is 24.3 Å². The number of nitrogens with two attached hydrogens (primary N) is 1. The Hall–Kier alpha value is -0.0800. The van der Waals surface area contributed by atoms with E-state index in [9.17, 15) is 0 Å². The van der Waals surface area contributed by atoms with Crippen molar-refractivity contribution in [3.05, 3.63) is 0 Å². The smallest absolute Gasteiger partial charge is 0.0992 e. The molecule has 0 rings (SSSR count). The number of aliphatic hydroxyl groups is 1. The third-order valence-corrected chi connectivity index (χ3v) is 0.767. The SMILES string of the molecule is CC(C)[NH2+]CCO. The van der Waals surface area contributed by atoms with Crippen molar-refractivity contribution in [2.45, 2.75) is 19.9 Å². The van der Waals surface area contributed by atoms with Gasteiger partial charge in [-0.15, -0.1) is 0 Å². The second-order valence-electron chi connectivity index (χ2n) is 1.99. The molecule has 2 heteroatoms. The minimum absolute atomic E-state index is 0.290. The molecule has 0 saturated heterocycles. The normalized spacial score (nSPS) is 10.3. The molecule has 0 aromatic carbocycles. The lowest BCUT2D eigenvalue weighted by Gasteiger charge is -1.99. The van der Waals surface area contributed by atoms with Crippen molar-refractivity contribution >= 4 is 0 Å². The zero-order chi connectivity index (χ0) is 5.70. The lowest BCUT2D eigenvalue weighted by Crippen LogP contribution is -2.89. The van der Waals surface area contributed by atoms with Gasteiger partial charge < -0.3 is 10.4 Å². The van der Waals surface area contributed by atoms with Crippen LogP contribution in [0.2, 0.25) is 0 Å². The summed E-state index contributed by atoms with van der Waals surface area (Å²) in [5.74, 6) is 0. The lowest BCUT2D eigenvalue weighted by atomic mass is 10.4. The number of hydrogen-bond acceptors (Lipinski definition) is 1. The van der Waals surface area contributed by atoms with Gasteiger partial charge in [0.1, 0.15) is 0 Å². The molecule has 0 aliphatic rings. The molecular weight excluding hydrogens is 90.1 g/mol. The lowest BCUT2D eigenvalue weighted by molar-refractivity contribution is -0.683. The van der Waals surface area contributed by atoms with E-state index in [4.69, 9.17) is 5.11 Å². The fourth-order valence-electron chi connectivity index (χ4n) is 0.408. The van der Waals surface area contributed by atoms with E-state index in [2.05, 4.69) is 19.2 Å². The molecule has 0 atom stereocenters. The summed E-state index contributed by atoms with van der Waals surface area (Å²) in [6, 6.07) is 0.618. The third-order valence-electron chi connectivity index (χ3n) is 0.767. The van der Waals surface area contributed by atoms with Crippen LogP contribution in [-0.2, 0) is 0 Å². The monoisotopic (exact) mass is 104 g/mol. The van der Waals surface area contributed by atoms with Gasteiger partial charge in [-0.05, 0) is 13.8 Å². The van der Waals surface area contributed by atoms with Gasteiger partial charge in [0.25, 0.3) is 0 Å². The third kappa shape index (κ3) is 5.92. The van der Waals surface area contributed by atoms with Crippen LogP contribution in [0.3, 0.4) is 0 Å². The topological polar surface area (TPSA) is 36.8 Å². The molecule has 44 valence electrons. The summed E-state index contributed by atoms with van der Waals surface area (Å²) in [7, 11) is 0. The van der Waals surface area contributed by atoms with E-state index < -0.39 is 0 Å². The zero-order valence-corrected chi connectivity index (χ0v) is 5.02. The molecular formula is C5H14NO+. The van der Waals surface area contributed by atoms with E-state index in [0.29, 0.717) is 6.04 Å². The molecule has 0 aliphatic heterocycles. The molecule has 0 aromatic rings. The molecule has 0 saturated carbocycles. The fourth-order valence-corrected chi connectivity index (χ4v) is 0.408. The minimum Gasteiger partial charge on any atom is -0.391 e. The Kier molecular flexibility index (Phi) is 4.04. The van der Waals surface area contributed by atoms with Crippen molar-refractivity contribution in [3.63, 3.8) is 0 Å². The predicted octanol–water partition coefficient (Wildman–Crippen LogP) is -1.05. The summed E-state index contributed by atoms with van der Waals surface area (Å²) in [6.07, 6.45) is 0. The molecule has 0 radical (unpaired) electrons. The Bertz CT molecular complexity index is 37.1. The van der Waals surface area contributed by atoms with E-state index in [1.807, 2.05) is 0 Å². The second-order valence-corrected chi connectivity index (χ2v) is 1.99. The first-order valence-corrected chi connectivity index (χ1v) is 2.71. The molecule has 0 spiro atoms. The van der Waals surface area contributed by atoms with Crippen molar-refractivity contribution in [1.29, 1.82) is 0 Å². The van der Waals surface area contributed by atoms with E-state index in [1.54, 1.807) is 0 Å². The summed E-state index contributed by atoms with van der Waals surface area (Å²) >= 11 is 0. The Morgan fingerprint density at radius 1 is 1.57 bits per heavy atom. The maximum atomic E-state index is 8.28. The second kappa shape index (κ2) is 4.09. The summed E-state index contributed by atoms with van der Waals surface area (Å²) in [5.41, 5.74) is 0. The van der Waals surface area contributed by atoms with E-state index >= 15 is 0 Å². The highest BCUT2D eigenvalue weighted by molar-refractivity contribution is 4.25. The van der Waals surface area contributed by atoms with Gasteiger partial charge in [0.2, 0.25) is 0 Å². The average molecular weight is 104 g/mol. The Morgan fingerprint density at radius 2 is 2.14 bits per heavy atom. The highest BCUT2D eigenvalue weighted by Gasteiger charge is 1.90. The molecule has 7 heavy (non-hydrogen) atoms. The maximum absolute atomic E-state index is 8.28. The molecule has 0 bridgehead atoms. The number of quaternary nitrogens is 1. The van der Waals surface area contributed by atoms with Crippen LogP contribution < -0.4 is 5.32 Å². The summed E-state index contributed by atoms with van der Waals surface area (Å²) in [4.78, 5) is 0. The molecule has 2 nitrogen and oxygen atoms in total. The summed E-state index contributed by atoms with van der Waals surface area (Å²) in [6.45, 7) is 5.33. The van der Waals surface area contributed by atoms with Crippen molar-refractivity contribution < 1.29 is 10.4 Å². The standard InChI is InChI=1S/C5H13NO/c1-5(2)6-3-4-7/h5-7H,3-4H2,1-2H3/p+1. The molecule has 0 aromatic heterocycles. The fraction of sp³-hybridized carbons (Fsp3) is 1.00. The minimum atomic E-state index is 0.290. The van der Waals surface area contributed by atoms with Crippen molar-refractivity contribution in [2.75, 3.05) is 13.2 Å². The first-order chi connectivity index (χ1) is 3.27. The van der Waals surface area contributed by atoms with Crippen molar-refractivity contribution in [2.24, 2.45) is 0 Å². The van der Waals surface area contributed by atoms with Crippen LogP contribution in [0.15, 0.2) is 0 Å². The van der Waals surface area contributed by atoms with Crippen molar-refractivity contribution in [3.8, 4) is 0 Å². The van der Waals surface area contributed by atoms with Gasteiger partial charge in [0.15, 0.2) is 0 Å². The molecule has 0 aliphatic carbocycles. The molecule has 0 amide bonds. The first kappa shape index (κ1) is 6.92. The van der Waals surface area contributed by atoms with Crippen LogP contribution in [0.25, 0.3) is 0 Å². The van der Waals surface area contributed by atoms with E-state index in [0.717, 1.165) is 6.54 Å². The van der Waals surface area contributed by atoms with Gasteiger partial charge >= 0.3 is 0 Å². The van der Waals surface area contributed by atoms with Crippen LogP contribution in [0, 0.1) is 0 Å². The van der Waals surface area contributed by atoms with Gasteiger partial charge in [-0.25, -0.2) is 0 Å². The molecule has 0 heterocycles. The van der Waals surface area contributed by atoms with Crippen LogP contribution in [0.5, 0.6) is 0 Å². The van der Waals surface area contributed by atoms with Crippen LogP contribution in [0.4, 0.5) is 0 Å². The zero-order valence-electron chi connectivity index (χ0n) is 5.02. The van der Waals surface area contributed by atoms with Gasteiger partial charge in [0.05, 0.1) is 19.2 Å². The van der Waals surface area contributed by atoms with Crippen LogP contribution in [0.1, 0.15) is 13.8 Å². The number of hydrogen-bond donors (Lipinski definition) is 2. The Morgan fingerprint density at radius 3 is 2.29 bits per heavy atom. The number of aliphatic hydroxyl groups excluding tert-OH is 1. The van der Waals surface area contributed by atoms with Gasteiger partial charge in [0, 0.05) is 0 Å². The molecule has 0 fully saturated rings. The highest BCUT2D eigenvalue weighted by Crippen LogP contribution is 1.59. The quantitative estimate of drug-likeness (QED) is 0.471. The molecule has 3 N–H and O–H groups in total. The van der Waals surface area contributed by atoms with Crippen molar-refractivity contribution in [1.82, 2.24) is 0 Å². The Labute approximate surface area is 44.5 Å². The summed E-state index contributed by atoms with van der Waals surface area (Å²) < 4.78 is 0.